The van der Waals surface area contributed by atoms with Crippen LogP contribution in [0.3, 0.4) is 0 Å². The number of hydrazone groups is 1. The number of aryl methyl sites for hydroxylation is 1. The number of nitrogens with zero attached hydrogens (tertiary/aromatic N) is 3. The first-order valence-corrected chi connectivity index (χ1v) is 11.7. The van der Waals surface area contributed by atoms with E-state index in [1.54, 1.807) is 28.9 Å². The molecule has 0 aliphatic heterocycles. The van der Waals surface area contributed by atoms with Crippen molar-refractivity contribution in [1.29, 1.82) is 0 Å². The summed E-state index contributed by atoms with van der Waals surface area (Å²) >= 11 is 6.95. The molecule has 33 heavy (non-hydrogen) atoms. The Kier molecular flexibility index (Phi) is 8.62. The van der Waals surface area contributed by atoms with Gasteiger partial charge in [-0.15, -0.1) is 0 Å². The van der Waals surface area contributed by atoms with E-state index < -0.39 is 0 Å². The number of amides is 1. The van der Waals surface area contributed by atoms with Crippen molar-refractivity contribution in [3.05, 3.63) is 73.7 Å². The van der Waals surface area contributed by atoms with Crippen LogP contribution in [0, 0.1) is 19.7 Å². The average molecular weight is 582 g/mol. The van der Waals surface area contributed by atoms with Crippen molar-refractivity contribution < 1.29 is 18.7 Å². The number of rotatable bonds is 9. The van der Waals surface area contributed by atoms with Gasteiger partial charge >= 0.3 is 0 Å². The fourth-order valence-corrected chi connectivity index (χ4v) is 3.84. The van der Waals surface area contributed by atoms with Gasteiger partial charge in [0.05, 0.1) is 33.2 Å². The van der Waals surface area contributed by atoms with Crippen LogP contribution in [0.1, 0.15) is 29.4 Å². The van der Waals surface area contributed by atoms with Gasteiger partial charge in [-0.25, -0.2) is 9.82 Å². The summed E-state index contributed by atoms with van der Waals surface area (Å²) in [5.74, 6) is 0.452. The minimum absolute atomic E-state index is 0.0552. The van der Waals surface area contributed by atoms with Crippen molar-refractivity contribution in [3.63, 3.8) is 0 Å². The second-order valence-corrected chi connectivity index (χ2v) is 8.76. The van der Waals surface area contributed by atoms with Crippen molar-refractivity contribution in [1.82, 2.24) is 15.2 Å². The number of hydrogen-bond acceptors (Lipinski definition) is 5. The lowest BCUT2D eigenvalue weighted by atomic mass is 10.2. The molecule has 174 valence electrons. The molecule has 0 radical (unpaired) electrons. The van der Waals surface area contributed by atoms with E-state index in [4.69, 9.17) is 9.47 Å². The number of carbonyl (C=O) groups is 1. The maximum atomic E-state index is 13.1. The van der Waals surface area contributed by atoms with E-state index in [0.29, 0.717) is 28.1 Å². The van der Waals surface area contributed by atoms with Crippen LogP contribution >= 0.6 is 31.9 Å². The van der Waals surface area contributed by atoms with E-state index in [1.165, 1.54) is 18.3 Å². The van der Waals surface area contributed by atoms with Crippen LogP contribution in [0.5, 0.6) is 11.5 Å². The van der Waals surface area contributed by atoms with Gasteiger partial charge in [-0.2, -0.15) is 10.2 Å². The van der Waals surface area contributed by atoms with E-state index in [1.807, 2.05) is 20.8 Å². The molecule has 0 spiro atoms. The molecule has 0 fully saturated rings. The van der Waals surface area contributed by atoms with E-state index in [-0.39, 0.29) is 24.9 Å². The maximum absolute atomic E-state index is 13.1. The summed E-state index contributed by atoms with van der Waals surface area (Å²) in [4.78, 5) is 12.2. The zero-order valence-electron chi connectivity index (χ0n) is 18.4. The predicted octanol–water partition coefficient (Wildman–Crippen LogP) is 5.29. The van der Waals surface area contributed by atoms with Gasteiger partial charge in [0.1, 0.15) is 19.0 Å². The smallest absolute Gasteiger partial charge is 0.261 e. The standard InChI is InChI=1S/C23H23Br2FN4O3/c1-4-32-20-10-17(9-19(24)23(20)33-13-16-5-7-18(26)8-6-16)11-27-28-21(31)12-30-15(3)22(25)14(2)29-30/h5-11H,4,12-13H2,1-3H3,(H,28,31)/b27-11+. The summed E-state index contributed by atoms with van der Waals surface area (Å²) in [6.07, 6.45) is 1.52. The lowest BCUT2D eigenvalue weighted by Gasteiger charge is -2.14. The van der Waals surface area contributed by atoms with Gasteiger partial charge in [-0.1, -0.05) is 12.1 Å². The number of nitrogens with one attached hydrogen (secondary N) is 1. The Balaban J connectivity index is 1.67. The van der Waals surface area contributed by atoms with Crippen molar-refractivity contribution in [2.75, 3.05) is 6.61 Å². The molecule has 0 saturated heterocycles. The molecule has 1 N–H and O–H groups in total. The fraction of sp³-hybridized carbons (Fsp3) is 0.261. The number of halogens is 3. The van der Waals surface area contributed by atoms with Gasteiger partial charge in [0.2, 0.25) is 0 Å². The van der Waals surface area contributed by atoms with Gasteiger partial charge in [-0.3, -0.25) is 9.48 Å². The summed E-state index contributed by atoms with van der Waals surface area (Å²) in [6, 6.07) is 9.67. The first kappa shape index (κ1) is 24.9. The highest BCUT2D eigenvalue weighted by molar-refractivity contribution is 9.10. The molecule has 0 aliphatic carbocycles. The normalized spacial score (nSPS) is 11.1. The lowest BCUT2D eigenvalue weighted by Crippen LogP contribution is -2.24. The molecule has 0 unspecified atom stereocenters. The summed E-state index contributed by atoms with van der Waals surface area (Å²) in [7, 11) is 0. The van der Waals surface area contributed by atoms with Crippen molar-refractivity contribution in [2.45, 2.75) is 33.9 Å². The molecule has 3 aromatic rings. The van der Waals surface area contributed by atoms with Crippen molar-refractivity contribution in [2.24, 2.45) is 5.10 Å². The monoisotopic (exact) mass is 580 g/mol. The van der Waals surface area contributed by atoms with Gasteiger partial charge in [0.25, 0.3) is 5.91 Å². The minimum atomic E-state index is -0.298. The summed E-state index contributed by atoms with van der Waals surface area (Å²) in [6.45, 7) is 6.37. The number of ether oxygens (including phenoxy) is 2. The van der Waals surface area contributed by atoms with Crippen LogP contribution in [-0.2, 0) is 17.9 Å². The minimum Gasteiger partial charge on any atom is -0.490 e. The number of hydrogen-bond donors (Lipinski definition) is 1. The zero-order valence-corrected chi connectivity index (χ0v) is 21.5. The topological polar surface area (TPSA) is 77.7 Å². The highest BCUT2D eigenvalue weighted by Gasteiger charge is 2.13. The second-order valence-electron chi connectivity index (χ2n) is 7.11. The molecule has 0 bridgehead atoms. The van der Waals surface area contributed by atoms with E-state index in [9.17, 15) is 9.18 Å². The maximum Gasteiger partial charge on any atom is 0.261 e. The third-order valence-corrected chi connectivity index (χ3v) is 6.35. The van der Waals surface area contributed by atoms with Crippen molar-refractivity contribution >= 4 is 44.0 Å². The SMILES string of the molecule is CCOc1cc(/C=N/NC(=O)Cn2nc(C)c(Br)c2C)cc(Br)c1OCc1ccc(F)cc1. The zero-order chi connectivity index (χ0) is 24.0. The number of aromatic nitrogens is 2. The van der Waals surface area contributed by atoms with Crippen molar-refractivity contribution in [3.8, 4) is 11.5 Å². The molecule has 0 aliphatic rings. The molecule has 0 atom stereocenters. The Morgan fingerprint density at radius 1 is 1.21 bits per heavy atom. The molecular formula is C23H23Br2FN4O3. The summed E-state index contributed by atoms with van der Waals surface area (Å²) in [5.41, 5.74) is 5.73. The van der Waals surface area contributed by atoms with Gasteiger partial charge in [-0.05, 0) is 88.0 Å². The quantitative estimate of drug-likeness (QED) is 0.275. The van der Waals surface area contributed by atoms with Gasteiger partial charge in [0, 0.05) is 0 Å². The molecule has 1 heterocycles. The fourth-order valence-electron chi connectivity index (χ4n) is 2.98. The molecular weight excluding hydrogens is 559 g/mol. The molecule has 3 rings (SSSR count). The molecule has 7 nitrogen and oxygen atoms in total. The summed E-state index contributed by atoms with van der Waals surface area (Å²) in [5, 5.41) is 8.36. The Bertz CT molecular complexity index is 1160. The van der Waals surface area contributed by atoms with Crippen LogP contribution in [0.15, 0.2) is 50.4 Å². The van der Waals surface area contributed by atoms with Crippen LogP contribution in [0.4, 0.5) is 4.39 Å². The van der Waals surface area contributed by atoms with E-state index in [2.05, 4.69) is 47.5 Å². The Labute approximate surface area is 208 Å². The molecule has 0 saturated carbocycles. The van der Waals surface area contributed by atoms with Crippen LogP contribution in [0.2, 0.25) is 0 Å². The van der Waals surface area contributed by atoms with Gasteiger partial charge < -0.3 is 9.47 Å². The first-order chi connectivity index (χ1) is 15.8. The number of carbonyl (C=O) groups excluding carboxylic acids is 1. The van der Waals surface area contributed by atoms with Gasteiger partial charge in [0.15, 0.2) is 11.5 Å². The first-order valence-electron chi connectivity index (χ1n) is 10.1. The average Bonchev–Trinajstić information content (AvgIpc) is 3.01. The number of benzene rings is 2. The van der Waals surface area contributed by atoms with E-state index in [0.717, 1.165) is 21.4 Å². The van der Waals surface area contributed by atoms with Crippen LogP contribution in [0.25, 0.3) is 0 Å². The molecule has 1 amide bonds. The highest BCUT2D eigenvalue weighted by atomic mass is 79.9. The van der Waals surface area contributed by atoms with Crippen LogP contribution in [-0.4, -0.2) is 28.5 Å². The largest absolute Gasteiger partial charge is 0.490 e. The summed E-state index contributed by atoms with van der Waals surface area (Å²) < 4.78 is 27.9. The third kappa shape index (κ3) is 6.64. The molecule has 1 aromatic heterocycles. The molecule has 2 aromatic carbocycles. The second kappa shape index (κ2) is 11.4. The highest BCUT2D eigenvalue weighted by Crippen LogP contribution is 2.37. The van der Waals surface area contributed by atoms with Crippen LogP contribution < -0.4 is 14.9 Å². The Morgan fingerprint density at radius 2 is 1.94 bits per heavy atom. The third-order valence-electron chi connectivity index (χ3n) is 4.62. The Morgan fingerprint density at radius 3 is 2.58 bits per heavy atom. The predicted molar refractivity (Wildman–Crippen MR) is 131 cm³/mol. The lowest BCUT2D eigenvalue weighted by molar-refractivity contribution is -0.121. The van der Waals surface area contributed by atoms with E-state index >= 15 is 0 Å². The molecule has 10 heteroatoms. The Hall–Kier alpha value is -2.72.